The van der Waals surface area contributed by atoms with E-state index in [0.29, 0.717) is 17.1 Å². The predicted molar refractivity (Wildman–Crippen MR) is 92.4 cm³/mol. The molecular formula is C17H13N3O3S. The highest BCUT2D eigenvalue weighted by Crippen LogP contribution is 2.23. The number of hydrogen-bond acceptors (Lipinski definition) is 5. The van der Waals surface area contributed by atoms with Crippen molar-refractivity contribution in [1.82, 2.24) is 4.98 Å². The number of carbonyl (C=O) groups excluding carboxylic acids is 1. The van der Waals surface area contributed by atoms with Crippen LogP contribution in [0.1, 0.15) is 20.8 Å². The Morgan fingerprint density at radius 1 is 1.17 bits per heavy atom. The van der Waals surface area contributed by atoms with Crippen LogP contribution in [0.15, 0.2) is 60.8 Å². The van der Waals surface area contributed by atoms with Crippen LogP contribution in [-0.2, 0) is 6.42 Å². The molecule has 0 radical (unpaired) electrons. The van der Waals surface area contributed by atoms with Crippen molar-refractivity contribution < 1.29 is 9.72 Å². The summed E-state index contributed by atoms with van der Waals surface area (Å²) in [5.74, 6) is -0.216. The lowest BCUT2D eigenvalue weighted by Gasteiger charge is -2.01. The van der Waals surface area contributed by atoms with Crippen molar-refractivity contribution in [3.8, 4) is 0 Å². The number of thiazole rings is 1. The number of nitro groups is 1. The summed E-state index contributed by atoms with van der Waals surface area (Å²) in [6.07, 6.45) is 2.20. The van der Waals surface area contributed by atoms with Gasteiger partial charge in [0.1, 0.15) is 0 Å². The number of amides is 1. The zero-order valence-electron chi connectivity index (χ0n) is 12.5. The van der Waals surface area contributed by atoms with E-state index in [-0.39, 0.29) is 11.6 Å². The molecule has 1 amide bonds. The quantitative estimate of drug-likeness (QED) is 0.564. The maximum atomic E-state index is 12.1. The molecule has 0 fully saturated rings. The summed E-state index contributed by atoms with van der Waals surface area (Å²) in [4.78, 5) is 27.6. The summed E-state index contributed by atoms with van der Waals surface area (Å²) in [6, 6.07) is 15.4. The third-order valence-corrected chi connectivity index (χ3v) is 4.22. The highest BCUT2D eigenvalue weighted by Gasteiger charge is 2.10. The number of nitro benzene ring substituents is 1. The van der Waals surface area contributed by atoms with Gasteiger partial charge in [0.25, 0.3) is 11.6 Å². The second-order valence-electron chi connectivity index (χ2n) is 5.06. The highest BCUT2D eigenvalue weighted by atomic mass is 32.1. The number of nitrogens with zero attached hydrogens (tertiary/aromatic N) is 2. The molecule has 1 aromatic heterocycles. The molecule has 1 N–H and O–H groups in total. The van der Waals surface area contributed by atoms with Crippen molar-refractivity contribution in [3.63, 3.8) is 0 Å². The monoisotopic (exact) mass is 339 g/mol. The molecule has 3 aromatic rings. The van der Waals surface area contributed by atoms with Gasteiger partial charge in [-0.05, 0) is 17.7 Å². The molecule has 6 nitrogen and oxygen atoms in total. The van der Waals surface area contributed by atoms with Crippen molar-refractivity contribution >= 4 is 28.1 Å². The van der Waals surface area contributed by atoms with Gasteiger partial charge < -0.3 is 0 Å². The van der Waals surface area contributed by atoms with Gasteiger partial charge in [-0.3, -0.25) is 20.2 Å². The molecule has 1 heterocycles. The van der Waals surface area contributed by atoms with Crippen LogP contribution in [0.5, 0.6) is 0 Å². The smallest absolute Gasteiger partial charge is 0.269 e. The number of carbonyl (C=O) groups is 1. The normalized spacial score (nSPS) is 10.3. The molecule has 0 atom stereocenters. The Morgan fingerprint density at radius 3 is 2.71 bits per heavy atom. The van der Waals surface area contributed by atoms with E-state index in [0.717, 1.165) is 10.4 Å². The van der Waals surface area contributed by atoms with E-state index in [4.69, 9.17) is 0 Å². The molecule has 0 spiro atoms. The predicted octanol–water partition coefficient (Wildman–Crippen LogP) is 3.89. The van der Waals surface area contributed by atoms with E-state index in [1.807, 2.05) is 12.1 Å². The van der Waals surface area contributed by atoms with E-state index >= 15 is 0 Å². The van der Waals surface area contributed by atoms with Crippen LogP contribution in [0.3, 0.4) is 0 Å². The molecule has 0 bridgehead atoms. The van der Waals surface area contributed by atoms with Gasteiger partial charge in [0.15, 0.2) is 5.13 Å². The van der Waals surface area contributed by atoms with Crippen molar-refractivity contribution in [2.24, 2.45) is 0 Å². The summed E-state index contributed by atoms with van der Waals surface area (Å²) >= 11 is 1.35. The van der Waals surface area contributed by atoms with Crippen molar-refractivity contribution in [2.75, 3.05) is 5.32 Å². The Hall–Kier alpha value is -3.06. The molecule has 24 heavy (non-hydrogen) atoms. The topological polar surface area (TPSA) is 85.1 Å². The van der Waals surface area contributed by atoms with Gasteiger partial charge in [-0.25, -0.2) is 4.98 Å². The Morgan fingerprint density at radius 2 is 1.96 bits per heavy atom. The number of nitrogens with one attached hydrogen (secondary N) is 1. The minimum absolute atomic E-state index is 0.0645. The Labute approximate surface area is 141 Å². The Bertz CT molecular complexity index is 878. The van der Waals surface area contributed by atoms with Gasteiger partial charge in [-0.15, -0.1) is 11.3 Å². The van der Waals surface area contributed by atoms with Crippen molar-refractivity contribution in [2.45, 2.75) is 6.42 Å². The number of aromatic nitrogens is 1. The van der Waals surface area contributed by atoms with Gasteiger partial charge in [-0.2, -0.15) is 0 Å². The maximum Gasteiger partial charge on any atom is 0.269 e. The number of hydrogen-bond donors (Lipinski definition) is 1. The van der Waals surface area contributed by atoms with E-state index in [1.54, 1.807) is 42.6 Å². The lowest BCUT2D eigenvalue weighted by molar-refractivity contribution is -0.384. The zero-order chi connectivity index (χ0) is 16.9. The first kappa shape index (κ1) is 15.8. The highest BCUT2D eigenvalue weighted by molar-refractivity contribution is 7.15. The van der Waals surface area contributed by atoms with E-state index in [2.05, 4.69) is 10.3 Å². The van der Waals surface area contributed by atoms with Crippen LogP contribution in [0.4, 0.5) is 10.8 Å². The number of rotatable bonds is 5. The van der Waals surface area contributed by atoms with Gasteiger partial charge in [-0.1, -0.05) is 30.3 Å². The summed E-state index contributed by atoms with van der Waals surface area (Å²) in [7, 11) is 0. The summed E-state index contributed by atoms with van der Waals surface area (Å²) in [5.41, 5.74) is 1.45. The molecule has 0 aliphatic heterocycles. The lowest BCUT2D eigenvalue weighted by atomic mass is 10.1. The average molecular weight is 339 g/mol. The molecule has 2 aromatic carbocycles. The van der Waals surface area contributed by atoms with Crippen molar-refractivity contribution in [3.05, 3.63) is 86.9 Å². The second kappa shape index (κ2) is 7.01. The fourth-order valence-corrected chi connectivity index (χ4v) is 3.03. The first-order chi connectivity index (χ1) is 11.6. The number of non-ortho nitro benzene ring substituents is 1. The standard InChI is InChI=1S/C17H13N3O3S/c21-16(13-6-2-1-3-7-13)19-17-18-11-15(24-17)10-12-5-4-8-14(9-12)20(22)23/h1-9,11H,10H2,(H,18,19,21). The molecule has 0 saturated heterocycles. The summed E-state index contributed by atoms with van der Waals surface area (Å²) in [5, 5.41) is 14.1. The maximum absolute atomic E-state index is 12.1. The van der Waals surface area contributed by atoms with E-state index in [1.165, 1.54) is 17.4 Å². The molecule has 3 rings (SSSR count). The third kappa shape index (κ3) is 3.82. The minimum atomic E-state index is -0.415. The second-order valence-corrected chi connectivity index (χ2v) is 6.17. The molecule has 0 saturated carbocycles. The van der Waals surface area contributed by atoms with Gasteiger partial charge in [0.05, 0.1) is 4.92 Å². The van der Waals surface area contributed by atoms with E-state index < -0.39 is 4.92 Å². The largest absolute Gasteiger partial charge is 0.298 e. The van der Waals surface area contributed by atoms with Crippen LogP contribution in [0.25, 0.3) is 0 Å². The SMILES string of the molecule is O=C(Nc1ncc(Cc2cccc([N+](=O)[O-])c2)s1)c1ccccc1. The molecular weight excluding hydrogens is 326 g/mol. The van der Waals surface area contributed by atoms with Crippen LogP contribution in [-0.4, -0.2) is 15.8 Å². The minimum Gasteiger partial charge on any atom is -0.298 e. The number of benzene rings is 2. The van der Waals surface area contributed by atoms with Gasteiger partial charge in [0.2, 0.25) is 0 Å². The first-order valence-electron chi connectivity index (χ1n) is 7.16. The van der Waals surface area contributed by atoms with Crippen LogP contribution < -0.4 is 5.32 Å². The molecule has 7 heteroatoms. The van der Waals surface area contributed by atoms with Crippen LogP contribution in [0.2, 0.25) is 0 Å². The molecule has 120 valence electrons. The summed E-state index contributed by atoms with van der Waals surface area (Å²) in [6.45, 7) is 0. The Kier molecular flexibility index (Phi) is 4.62. The van der Waals surface area contributed by atoms with Gasteiger partial charge >= 0.3 is 0 Å². The van der Waals surface area contributed by atoms with Crippen molar-refractivity contribution in [1.29, 1.82) is 0 Å². The fourth-order valence-electron chi connectivity index (χ4n) is 2.19. The number of anilines is 1. The summed E-state index contributed by atoms with van der Waals surface area (Å²) < 4.78 is 0. The van der Waals surface area contributed by atoms with Crippen LogP contribution >= 0.6 is 11.3 Å². The lowest BCUT2D eigenvalue weighted by Crippen LogP contribution is -2.11. The van der Waals surface area contributed by atoms with E-state index in [9.17, 15) is 14.9 Å². The Balaban J connectivity index is 1.69. The molecule has 0 unspecified atom stereocenters. The third-order valence-electron chi connectivity index (χ3n) is 3.31. The zero-order valence-corrected chi connectivity index (χ0v) is 13.3. The fraction of sp³-hybridized carbons (Fsp3) is 0.0588. The van der Waals surface area contributed by atoms with Gasteiger partial charge in [0, 0.05) is 35.2 Å². The molecule has 0 aliphatic rings. The van der Waals surface area contributed by atoms with Crippen LogP contribution in [0, 0.1) is 10.1 Å². The average Bonchev–Trinajstić information content (AvgIpc) is 3.02. The molecule has 0 aliphatic carbocycles. The first-order valence-corrected chi connectivity index (χ1v) is 7.98.